The van der Waals surface area contributed by atoms with E-state index in [-0.39, 0.29) is 11.7 Å². The van der Waals surface area contributed by atoms with Gasteiger partial charge in [-0.15, -0.1) is 0 Å². The van der Waals surface area contributed by atoms with Gasteiger partial charge in [0.15, 0.2) is 5.16 Å². The van der Waals surface area contributed by atoms with Crippen LogP contribution in [0.1, 0.15) is 11.1 Å². The van der Waals surface area contributed by atoms with Gasteiger partial charge in [0, 0.05) is 44.1 Å². The van der Waals surface area contributed by atoms with Crippen LogP contribution in [-0.4, -0.2) is 62.0 Å². The molecule has 35 heavy (non-hydrogen) atoms. The number of hydrogen-bond acceptors (Lipinski definition) is 8. The molecule has 8 nitrogen and oxygen atoms in total. The number of amides is 1. The van der Waals surface area contributed by atoms with E-state index in [1.807, 2.05) is 6.07 Å². The Morgan fingerprint density at radius 3 is 2.51 bits per heavy atom. The Kier molecular flexibility index (Phi) is 7.97. The van der Waals surface area contributed by atoms with E-state index in [4.69, 9.17) is 14.5 Å². The van der Waals surface area contributed by atoms with Crippen molar-refractivity contribution in [3.63, 3.8) is 0 Å². The maximum Gasteiger partial charge on any atom is 0.234 e. The normalized spacial score (nSPS) is 13.5. The lowest BCUT2D eigenvalue weighted by Gasteiger charge is -2.37. The maximum atomic E-state index is 12.6. The van der Waals surface area contributed by atoms with Crippen LogP contribution in [0.2, 0.25) is 0 Å². The lowest BCUT2D eigenvalue weighted by atomic mass is 10.1. The first kappa shape index (κ1) is 24.7. The third-order valence-electron chi connectivity index (χ3n) is 5.94. The number of nitrogens with one attached hydrogen (secondary N) is 1. The summed E-state index contributed by atoms with van der Waals surface area (Å²) in [5.74, 6) is 2.12. The molecule has 0 saturated carbocycles. The molecule has 0 radical (unpaired) electrons. The van der Waals surface area contributed by atoms with Gasteiger partial charge in [0.25, 0.3) is 0 Å². The smallest absolute Gasteiger partial charge is 0.234 e. The first-order valence-electron chi connectivity index (χ1n) is 11.5. The van der Waals surface area contributed by atoms with Crippen LogP contribution < -0.4 is 24.6 Å². The minimum atomic E-state index is -0.169. The number of aryl methyl sites for hydroxylation is 2. The van der Waals surface area contributed by atoms with Gasteiger partial charge in [-0.05, 0) is 49.2 Å². The second-order valence-electron chi connectivity index (χ2n) is 8.36. The van der Waals surface area contributed by atoms with Crippen molar-refractivity contribution in [2.75, 3.05) is 61.3 Å². The van der Waals surface area contributed by atoms with E-state index in [2.05, 4.69) is 52.1 Å². The van der Waals surface area contributed by atoms with E-state index < -0.39 is 0 Å². The SMILES string of the molecule is COc1ccc(OC)c(NC(=O)CSc2nccc(N3CCN(c4cc(C)ccc4C)CC3)n2)c1. The number of ether oxygens (including phenoxy) is 2. The van der Waals surface area contributed by atoms with E-state index in [1.165, 1.54) is 28.6 Å². The van der Waals surface area contributed by atoms with E-state index in [0.29, 0.717) is 22.3 Å². The highest BCUT2D eigenvalue weighted by atomic mass is 32.2. The van der Waals surface area contributed by atoms with E-state index in [1.54, 1.807) is 38.6 Å². The van der Waals surface area contributed by atoms with E-state index in [0.717, 1.165) is 32.0 Å². The topological polar surface area (TPSA) is 79.8 Å². The second-order valence-corrected chi connectivity index (χ2v) is 9.31. The van der Waals surface area contributed by atoms with Crippen molar-refractivity contribution in [1.29, 1.82) is 0 Å². The zero-order valence-corrected chi connectivity index (χ0v) is 21.4. The summed E-state index contributed by atoms with van der Waals surface area (Å²) in [5, 5.41) is 3.45. The van der Waals surface area contributed by atoms with Gasteiger partial charge in [-0.3, -0.25) is 4.79 Å². The number of carbonyl (C=O) groups is 1. The Balaban J connectivity index is 1.33. The molecule has 1 aliphatic heterocycles. The Hall–Kier alpha value is -3.46. The molecule has 1 amide bonds. The lowest BCUT2D eigenvalue weighted by molar-refractivity contribution is -0.113. The number of piperazine rings is 1. The molecule has 1 saturated heterocycles. The molecule has 1 fully saturated rings. The van der Waals surface area contributed by atoms with Gasteiger partial charge in [0.05, 0.1) is 25.7 Å². The van der Waals surface area contributed by atoms with E-state index >= 15 is 0 Å². The molecule has 0 spiro atoms. The van der Waals surface area contributed by atoms with Crippen molar-refractivity contribution in [3.8, 4) is 11.5 Å². The Morgan fingerprint density at radius 2 is 1.77 bits per heavy atom. The molecule has 1 aliphatic rings. The summed E-state index contributed by atoms with van der Waals surface area (Å²) in [7, 11) is 3.14. The Bertz CT molecular complexity index is 1180. The number of nitrogens with zero attached hydrogens (tertiary/aromatic N) is 4. The first-order valence-corrected chi connectivity index (χ1v) is 12.5. The van der Waals surface area contributed by atoms with Crippen LogP contribution >= 0.6 is 11.8 Å². The lowest BCUT2D eigenvalue weighted by Crippen LogP contribution is -2.47. The van der Waals surface area contributed by atoms with Crippen molar-refractivity contribution < 1.29 is 14.3 Å². The minimum Gasteiger partial charge on any atom is -0.497 e. The highest BCUT2D eigenvalue weighted by molar-refractivity contribution is 7.99. The minimum absolute atomic E-state index is 0.169. The summed E-state index contributed by atoms with van der Waals surface area (Å²) in [6.45, 7) is 7.92. The molecule has 1 aromatic heterocycles. The van der Waals surface area contributed by atoms with Crippen LogP contribution in [0.3, 0.4) is 0 Å². The summed E-state index contributed by atoms with van der Waals surface area (Å²) in [6.07, 6.45) is 1.75. The maximum absolute atomic E-state index is 12.6. The number of methoxy groups -OCH3 is 2. The van der Waals surface area contributed by atoms with Crippen LogP contribution in [0, 0.1) is 13.8 Å². The van der Waals surface area contributed by atoms with Gasteiger partial charge in [-0.2, -0.15) is 0 Å². The number of hydrogen-bond donors (Lipinski definition) is 1. The average Bonchev–Trinajstić information content (AvgIpc) is 2.89. The van der Waals surface area contributed by atoms with Gasteiger partial charge < -0.3 is 24.6 Å². The largest absolute Gasteiger partial charge is 0.497 e. The molecule has 2 aromatic carbocycles. The van der Waals surface area contributed by atoms with Crippen molar-refractivity contribution in [1.82, 2.24) is 9.97 Å². The number of rotatable bonds is 8. The average molecular weight is 494 g/mol. The molecule has 3 aromatic rings. The monoisotopic (exact) mass is 493 g/mol. The van der Waals surface area contributed by atoms with Crippen LogP contribution in [0.4, 0.5) is 17.2 Å². The molecular formula is C26H31N5O3S. The van der Waals surface area contributed by atoms with Gasteiger partial charge >= 0.3 is 0 Å². The number of benzene rings is 2. The molecular weight excluding hydrogens is 462 g/mol. The molecule has 2 heterocycles. The molecule has 0 aliphatic carbocycles. The second kappa shape index (κ2) is 11.3. The zero-order chi connectivity index (χ0) is 24.8. The van der Waals surface area contributed by atoms with Gasteiger partial charge in [-0.1, -0.05) is 23.9 Å². The highest BCUT2D eigenvalue weighted by Crippen LogP contribution is 2.29. The standard InChI is InChI=1S/C26H31N5O3S/c1-18-5-6-19(2)22(15-18)30-11-13-31(14-12-30)24-9-10-27-26(29-24)35-17-25(32)28-21-16-20(33-3)7-8-23(21)34-4/h5-10,15-16H,11-14,17H2,1-4H3,(H,28,32). The molecule has 0 atom stereocenters. The zero-order valence-electron chi connectivity index (χ0n) is 20.6. The molecule has 184 valence electrons. The fourth-order valence-electron chi connectivity index (χ4n) is 4.04. The number of aromatic nitrogens is 2. The summed E-state index contributed by atoms with van der Waals surface area (Å²) in [4.78, 5) is 26.3. The van der Waals surface area contributed by atoms with Crippen LogP contribution in [-0.2, 0) is 4.79 Å². The third-order valence-corrected chi connectivity index (χ3v) is 6.80. The fourth-order valence-corrected chi connectivity index (χ4v) is 4.67. The summed E-state index contributed by atoms with van der Waals surface area (Å²) in [6, 6.07) is 13.8. The van der Waals surface area contributed by atoms with E-state index in [9.17, 15) is 4.79 Å². The van der Waals surface area contributed by atoms with Crippen LogP contribution in [0.25, 0.3) is 0 Å². The number of carbonyl (C=O) groups excluding carboxylic acids is 1. The quantitative estimate of drug-likeness (QED) is 0.370. The Morgan fingerprint density at radius 1 is 1.00 bits per heavy atom. The van der Waals surface area contributed by atoms with Crippen molar-refractivity contribution >= 4 is 34.9 Å². The summed E-state index contributed by atoms with van der Waals surface area (Å²) in [5.41, 5.74) is 4.45. The number of thioether (sulfide) groups is 1. The molecule has 0 unspecified atom stereocenters. The predicted octanol–water partition coefficient (Wildman–Crippen LogP) is 4.17. The highest BCUT2D eigenvalue weighted by Gasteiger charge is 2.20. The first-order chi connectivity index (χ1) is 17.0. The third kappa shape index (κ3) is 6.16. The van der Waals surface area contributed by atoms with Crippen LogP contribution in [0.15, 0.2) is 53.8 Å². The van der Waals surface area contributed by atoms with Crippen molar-refractivity contribution in [2.45, 2.75) is 19.0 Å². The molecule has 4 rings (SSSR count). The Labute approximate surface area is 210 Å². The van der Waals surface area contributed by atoms with Crippen molar-refractivity contribution in [3.05, 3.63) is 59.8 Å². The fraction of sp³-hybridized carbons (Fsp3) is 0.346. The van der Waals surface area contributed by atoms with Gasteiger partial charge in [0.1, 0.15) is 17.3 Å². The van der Waals surface area contributed by atoms with Crippen LogP contribution in [0.5, 0.6) is 11.5 Å². The number of anilines is 3. The molecule has 0 bridgehead atoms. The van der Waals surface area contributed by atoms with Gasteiger partial charge in [0.2, 0.25) is 5.91 Å². The molecule has 9 heteroatoms. The predicted molar refractivity (Wildman–Crippen MR) is 141 cm³/mol. The van der Waals surface area contributed by atoms with Gasteiger partial charge in [-0.25, -0.2) is 9.97 Å². The van der Waals surface area contributed by atoms with Crippen molar-refractivity contribution in [2.24, 2.45) is 0 Å². The summed E-state index contributed by atoms with van der Waals surface area (Å²) < 4.78 is 10.6. The summed E-state index contributed by atoms with van der Waals surface area (Å²) >= 11 is 1.31. The molecule has 1 N–H and O–H groups in total.